The predicted octanol–water partition coefficient (Wildman–Crippen LogP) is 6.43. The van der Waals surface area contributed by atoms with Crippen LogP contribution in [0, 0.1) is 35.0 Å². The van der Waals surface area contributed by atoms with Gasteiger partial charge in [-0.05, 0) is 93.2 Å². The lowest BCUT2D eigenvalue weighted by molar-refractivity contribution is -0.182. The molecule has 4 aliphatic heterocycles. The Morgan fingerprint density at radius 3 is 2.50 bits per heavy atom. The van der Waals surface area contributed by atoms with Crippen LogP contribution in [0.5, 0.6) is 17.2 Å². The lowest BCUT2D eigenvalue weighted by atomic mass is 9.44. The maximum Gasteiger partial charge on any atom is 0.326 e. The number of halogens is 1. The molecule has 1 amide bonds. The molecule has 7 atom stereocenters. The molecule has 7 aliphatic rings. The van der Waals surface area contributed by atoms with E-state index >= 15 is 4.79 Å². The molecule has 3 aliphatic carbocycles. The summed E-state index contributed by atoms with van der Waals surface area (Å²) in [5.74, 6) is -3.58. The van der Waals surface area contributed by atoms with Gasteiger partial charge in [0.15, 0.2) is 22.7 Å². The average Bonchev–Trinajstić information content (AvgIpc) is 3.31. The summed E-state index contributed by atoms with van der Waals surface area (Å²) in [6, 6.07) is 2.35. The molecule has 12 nitrogen and oxygen atoms in total. The van der Waals surface area contributed by atoms with E-state index in [4.69, 9.17) is 41.3 Å². The molecular weight excluding hydrogens is 760 g/mol. The van der Waals surface area contributed by atoms with Gasteiger partial charge >= 0.3 is 5.97 Å². The molecule has 8 rings (SSSR count). The number of aliphatic imine (C=N–C) groups is 1. The van der Waals surface area contributed by atoms with Crippen molar-refractivity contribution in [3.63, 3.8) is 0 Å². The van der Waals surface area contributed by atoms with E-state index in [2.05, 4.69) is 37.4 Å². The highest BCUT2D eigenvalue weighted by atomic mass is 35.5. The topological polar surface area (TPSA) is 183 Å². The number of rotatable bonds is 12. The normalized spacial score (nSPS) is 30.5. The maximum atomic E-state index is 15.3. The number of carbonyl (C=O) groups is 3. The van der Waals surface area contributed by atoms with E-state index in [9.17, 15) is 20.0 Å². The van der Waals surface area contributed by atoms with Crippen molar-refractivity contribution in [1.29, 1.82) is 5.26 Å². The number of amides is 1. The van der Waals surface area contributed by atoms with E-state index in [1.807, 2.05) is 46.8 Å². The van der Waals surface area contributed by atoms with E-state index in [1.54, 1.807) is 13.0 Å². The average molecular weight is 813 g/mol. The molecule has 13 heteroatoms. The predicted molar refractivity (Wildman–Crippen MR) is 220 cm³/mol. The second-order valence-electron chi connectivity index (χ2n) is 17.5. The fourth-order valence-electron chi connectivity index (χ4n) is 10.1. The smallest absolute Gasteiger partial charge is 0.326 e. The van der Waals surface area contributed by atoms with Crippen molar-refractivity contribution in [2.75, 3.05) is 19.0 Å². The van der Waals surface area contributed by atoms with Crippen molar-refractivity contribution in [2.45, 2.75) is 110 Å². The van der Waals surface area contributed by atoms with Crippen LogP contribution in [0.4, 0.5) is 0 Å². The number of amidine groups is 1. The van der Waals surface area contributed by atoms with Gasteiger partial charge in [0, 0.05) is 47.4 Å². The number of carbonyl (C=O) groups excluding carboxylic acids is 3. The van der Waals surface area contributed by atoms with Gasteiger partial charge in [0.25, 0.3) is 0 Å². The van der Waals surface area contributed by atoms with E-state index in [-0.39, 0.29) is 36.9 Å². The molecule has 4 N–H and O–H groups in total. The second-order valence-corrected chi connectivity index (χ2v) is 17.8. The van der Waals surface area contributed by atoms with Crippen molar-refractivity contribution in [2.24, 2.45) is 34.4 Å². The molecule has 1 aromatic carbocycles. The number of nitrogens with one attached hydrogen (secondary N) is 1. The zero-order chi connectivity index (χ0) is 42.1. The summed E-state index contributed by atoms with van der Waals surface area (Å²) in [5.41, 5.74) is 6.94. The number of aliphatic hydroxyl groups is 1. The lowest BCUT2D eigenvalue weighted by Crippen LogP contribution is -2.75. The molecule has 0 aromatic heterocycles. The van der Waals surface area contributed by atoms with E-state index in [1.165, 1.54) is 5.57 Å². The standard InChI is InChI=1S/C45H53ClN4O8/c1-23(2)10-9-15-43(8)16-14-27-36(56-43)26(12-11-24(3)4)38-33(37(27)55-31(52)21-46)35-34-32(29(22-47)40(48)50-35)28-20-30-42(6,7)58-44(39(28)53,45(30,34)57-38)17-13-25(5)41(54)49-18-19-51/h10-11,13-14,16,28-30,32,51H,9,12,15,17-21H2,1-8H3,(H2,48,50)(H,49,54). The Kier molecular flexibility index (Phi) is 10.6. The number of allylic oxidation sites excluding steroid dienone is 4. The van der Waals surface area contributed by atoms with Crippen LogP contribution in [0.15, 0.2) is 51.6 Å². The number of hydrogen-bond donors (Lipinski definition) is 3. The number of benzene rings is 1. The van der Waals surface area contributed by atoms with E-state index in [0.29, 0.717) is 64.3 Å². The number of hydrogen-bond acceptors (Lipinski definition) is 11. The van der Waals surface area contributed by atoms with Crippen LogP contribution >= 0.6 is 11.6 Å². The Hall–Kier alpha value is -4.70. The number of ketones is 1. The van der Waals surface area contributed by atoms with Gasteiger partial charge in [0.05, 0.1) is 35.1 Å². The van der Waals surface area contributed by atoms with Crippen LogP contribution in [0.25, 0.3) is 11.8 Å². The summed E-state index contributed by atoms with van der Waals surface area (Å²) in [6.45, 7) is 15.5. The molecule has 7 unspecified atom stereocenters. The Balaban J connectivity index is 1.56. The number of fused-ring (bicyclic) bond motifs is 3. The van der Waals surface area contributed by atoms with Gasteiger partial charge in [-0.3, -0.25) is 14.4 Å². The Morgan fingerprint density at radius 2 is 1.84 bits per heavy atom. The summed E-state index contributed by atoms with van der Waals surface area (Å²) in [7, 11) is 0. The first-order valence-corrected chi connectivity index (χ1v) is 20.6. The minimum Gasteiger partial charge on any atom is -0.482 e. The third-order valence-electron chi connectivity index (χ3n) is 12.7. The SMILES string of the molecule is CC(C)=CCCC1(C)C=Cc2c(c(CC=C(C)C)c3c(c2OC(=O)CCl)C2=C4C(C(C#N)C(N)=N2)C2CC5C(C)(C)OC(CC=C(C)C(=O)NCCO)(C2=O)C45O3)O1. The van der Waals surface area contributed by atoms with Gasteiger partial charge in [-0.2, -0.15) is 5.26 Å². The van der Waals surface area contributed by atoms with Crippen molar-refractivity contribution >= 4 is 46.9 Å². The summed E-state index contributed by atoms with van der Waals surface area (Å²) in [4.78, 5) is 46.7. The monoisotopic (exact) mass is 812 g/mol. The molecule has 58 heavy (non-hydrogen) atoms. The summed E-state index contributed by atoms with van der Waals surface area (Å²) in [5, 5.41) is 22.7. The highest BCUT2D eigenvalue weighted by molar-refractivity contribution is 6.26. The Labute approximate surface area is 344 Å². The zero-order valence-corrected chi connectivity index (χ0v) is 35.3. The van der Waals surface area contributed by atoms with E-state index < -0.39 is 63.8 Å². The first-order chi connectivity index (χ1) is 27.4. The van der Waals surface area contributed by atoms with Crippen LogP contribution in [0.3, 0.4) is 0 Å². The number of nitrogens with two attached hydrogens (primary N) is 1. The number of ether oxygens (including phenoxy) is 4. The first-order valence-electron chi connectivity index (χ1n) is 20.0. The Bertz CT molecular complexity index is 2220. The molecule has 1 saturated heterocycles. The van der Waals surface area contributed by atoms with Gasteiger partial charge in [-0.15, -0.1) is 11.6 Å². The second kappa shape index (κ2) is 14.8. The molecule has 1 aromatic rings. The molecule has 308 valence electrons. The maximum absolute atomic E-state index is 15.3. The van der Waals surface area contributed by atoms with Gasteiger partial charge < -0.3 is 35.1 Å². The fourth-order valence-corrected chi connectivity index (χ4v) is 10.2. The molecule has 4 bridgehead atoms. The van der Waals surface area contributed by atoms with Gasteiger partial charge in [-0.1, -0.05) is 29.4 Å². The summed E-state index contributed by atoms with van der Waals surface area (Å²) >= 11 is 6.10. The zero-order valence-electron chi connectivity index (χ0n) is 34.5. The number of nitriles is 1. The van der Waals surface area contributed by atoms with Crippen LogP contribution in [-0.4, -0.2) is 70.0 Å². The highest BCUT2D eigenvalue weighted by Crippen LogP contribution is 2.74. The quantitative estimate of drug-likeness (QED) is 0.0699. The van der Waals surface area contributed by atoms with Gasteiger partial charge in [0.1, 0.15) is 34.7 Å². The summed E-state index contributed by atoms with van der Waals surface area (Å²) < 4.78 is 27.9. The number of aliphatic hydroxyl groups excluding tert-OH is 1. The third kappa shape index (κ3) is 6.23. The third-order valence-corrected chi connectivity index (χ3v) is 12.9. The molecule has 3 saturated carbocycles. The molecule has 1 spiro atoms. The van der Waals surface area contributed by atoms with Gasteiger partial charge in [0.2, 0.25) is 5.91 Å². The molecule has 4 heterocycles. The number of nitrogens with zero attached hydrogens (tertiary/aromatic N) is 2. The van der Waals surface area contributed by atoms with E-state index in [0.717, 1.165) is 12.0 Å². The van der Waals surface area contributed by atoms with Crippen LogP contribution in [0.1, 0.15) is 97.8 Å². The number of esters is 1. The minimum atomic E-state index is -1.66. The minimum absolute atomic E-state index is 0.0279. The molecule has 4 fully saturated rings. The highest BCUT2D eigenvalue weighted by Gasteiger charge is 2.84. The van der Waals surface area contributed by atoms with Crippen molar-refractivity contribution in [1.82, 2.24) is 5.32 Å². The van der Waals surface area contributed by atoms with Crippen molar-refractivity contribution in [3.05, 3.63) is 63.3 Å². The van der Waals surface area contributed by atoms with Crippen LogP contribution in [-0.2, 0) is 25.5 Å². The number of Topliss-reactive ketones (excluding diaryl/α,β-unsaturated/α-hetero) is 1. The lowest BCUT2D eigenvalue weighted by Gasteiger charge is -2.62. The first kappa shape index (κ1) is 41.5. The van der Waals surface area contributed by atoms with Crippen molar-refractivity contribution < 1.29 is 38.4 Å². The van der Waals surface area contributed by atoms with Crippen LogP contribution < -0.4 is 25.3 Å². The molecule has 0 radical (unpaired) electrons. The Morgan fingerprint density at radius 1 is 1.12 bits per heavy atom. The summed E-state index contributed by atoms with van der Waals surface area (Å²) in [6.07, 6.45) is 11.9. The van der Waals surface area contributed by atoms with Crippen molar-refractivity contribution in [3.8, 4) is 23.3 Å². The molecular formula is C45H53ClN4O8. The van der Waals surface area contributed by atoms with Crippen LogP contribution in [0.2, 0.25) is 0 Å². The number of alkyl halides is 1. The largest absolute Gasteiger partial charge is 0.482 e. The fraction of sp³-hybridized carbons (Fsp3) is 0.533. The van der Waals surface area contributed by atoms with Gasteiger partial charge in [-0.25, -0.2) is 4.99 Å².